The van der Waals surface area contributed by atoms with E-state index < -0.39 is 0 Å². The van der Waals surface area contributed by atoms with Crippen LogP contribution in [0.15, 0.2) is 70.6 Å². The van der Waals surface area contributed by atoms with Crippen molar-refractivity contribution < 1.29 is 9.59 Å². The average Bonchev–Trinajstić information content (AvgIpc) is 2.69. The molecule has 0 N–H and O–H groups in total. The van der Waals surface area contributed by atoms with Gasteiger partial charge in [0.1, 0.15) is 0 Å². The van der Waals surface area contributed by atoms with E-state index in [1.165, 1.54) is 33.4 Å². The summed E-state index contributed by atoms with van der Waals surface area (Å²) in [6.07, 6.45) is 4.75. The van der Waals surface area contributed by atoms with Gasteiger partial charge in [0.2, 0.25) is 12.2 Å². The molecule has 3 aromatic rings. The van der Waals surface area contributed by atoms with Crippen LogP contribution in [0.3, 0.4) is 0 Å². The molecule has 0 unspecified atom stereocenters. The van der Waals surface area contributed by atoms with E-state index in [-0.39, 0.29) is 0 Å². The van der Waals surface area contributed by atoms with Crippen LogP contribution < -0.4 is 0 Å². The zero-order valence-electron chi connectivity index (χ0n) is 15.9. The number of isocyanates is 2. The number of carbonyl (C=O) groups excluding carboxylic acids is 2. The highest BCUT2D eigenvalue weighted by atomic mass is 16.1. The Kier molecular flexibility index (Phi) is 6.08. The number of aliphatic imine (C=N–C) groups is 2. The first-order chi connectivity index (χ1) is 13.6. The van der Waals surface area contributed by atoms with Crippen molar-refractivity contribution in [3.05, 3.63) is 94.0 Å². The van der Waals surface area contributed by atoms with Crippen LogP contribution in [0.4, 0.5) is 11.4 Å². The van der Waals surface area contributed by atoms with E-state index in [9.17, 15) is 9.59 Å². The van der Waals surface area contributed by atoms with Crippen LogP contribution in [-0.2, 0) is 22.4 Å². The lowest BCUT2D eigenvalue weighted by Gasteiger charge is -2.13. The first-order valence-corrected chi connectivity index (χ1v) is 9.01. The molecule has 28 heavy (non-hydrogen) atoms. The lowest BCUT2D eigenvalue weighted by atomic mass is 9.92. The molecule has 0 atom stereocenters. The fourth-order valence-corrected chi connectivity index (χ4v) is 3.25. The minimum atomic E-state index is 0.613. The number of hydrogen-bond donors (Lipinski definition) is 0. The third-order valence-electron chi connectivity index (χ3n) is 4.81. The molecule has 0 spiro atoms. The standard InChI is InChI=1S/C24H20N2O2/c1-17-11-18(2)22(13-20-5-9-24(10-6-20)26-16-28)14-21(17)12-19-3-7-23(8-4-19)25-15-27/h3-11,14H,12-13H2,1-2H3. The molecule has 3 rings (SSSR count). The maximum atomic E-state index is 10.4. The normalized spacial score (nSPS) is 10.1. The Morgan fingerprint density at radius 1 is 0.643 bits per heavy atom. The summed E-state index contributed by atoms with van der Waals surface area (Å²) in [5.41, 5.74) is 8.62. The molecule has 0 aliphatic carbocycles. The maximum Gasteiger partial charge on any atom is 0.240 e. The summed E-state index contributed by atoms with van der Waals surface area (Å²) < 4.78 is 0. The Labute approximate surface area is 164 Å². The van der Waals surface area contributed by atoms with Crippen LogP contribution in [0, 0.1) is 13.8 Å². The highest BCUT2D eigenvalue weighted by Crippen LogP contribution is 2.23. The van der Waals surface area contributed by atoms with Crippen molar-refractivity contribution in [2.75, 3.05) is 0 Å². The average molecular weight is 368 g/mol. The summed E-state index contributed by atoms with van der Waals surface area (Å²) in [5.74, 6) is 0. The molecule has 0 aliphatic rings. The monoisotopic (exact) mass is 368 g/mol. The predicted molar refractivity (Wildman–Crippen MR) is 110 cm³/mol. The Morgan fingerprint density at radius 3 is 1.39 bits per heavy atom. The van der Waals surface area contributed by atoms with Gasteiger partial charge in [-0.3, -0.25) is 0 Å². The third kappa shape index (κ3) is 4.77. The largest absolute Gasteiger partial charge is 0.240 e. The molecule has 0 aromatic heterocycles. The number of benzene rings is 3. The van der Waals surface area contributed by atoms with Gasteiger partial charge in [-0.25, -0.2) is 9.59 Å². The number of nitrogens with zero attached hydrogens (tertiary/aromatic N) is 2. The lowest BCUT2D eigenvalue weighted by molar-refractivity contribution is 0.564. The highest BCUT2D eigenvalue weighted by molar-refractivity contribution is 5.51. The van der Waals surface area contributed by atoms with Crippen LogP contribution in [0.25, 0.3) is 0 Å². The minimum Gasteiger partial charge on any atom is -0.211 e. The first kappa shape index (κ1) is 19.2. The van der Waals surface area contributed by atoms with Gasteiger partial charge in [-0.15, -0.1) is 0 Å². The van der Waals surface area contributed by atoms with Gasteiger partial charge in [0.05, 0.1) is 11.4 Å². The minimum absolute atomic E-state index is 0.613. The van der Waals surface area contributed by atoms with Crippen molar-refractivity contribution in [3.63, 3.8) is 0 Å². The Morgan fingerprint density at radius 2 is 1.04 bits per heavy atom. The van der Waals surface area contributed by atoms with Crippen molar-refractivity contribution in [2.24, 2.45) is 9.98 Å². The molecule has 4 heteroatoms. The lowest BCUT2D eigenvalue weighted by Crippen LogP contribution is -1.98. The summed E-state index contributed by atoms with van der Waals surface area (Å²) in [6, 6.07) is 19.7. The number of aryl methyl sites for hydroxylation is 2. The van der Waals surface area contributed by atoms with Gasteiger partial charge in [0.25, 0.3) is 0 Å². The molecule has 0 radical (unpaired) electrons. The Bertz CT molecular complexity index is 986. The van der Waals surface area contributed by atoms with Crippen LogP contribution >= 0.6 is 0 Å². The summed E-state index contributed by atoms with van der Waals surface area (Å²) in [6.45, 7) is 4.26. The summed E-state index contributed by atoms with van der Waals surface area (Å²) in [4.78, 5) is 28.0. The van der Waals surface area contributed by atoms with Crippen molar-refractivity contribution in [3.8, 4) is 0 Å². The molecule has 0 fully saturated rings. The smallest absolute Gasteiger partial charge is 0.211 e. The van der Waals surface area contributed by atoms with E-state index in [1.54, 1.807) is 12.2 Å². The van der Waals surface area contributed by atoms with E-state index in [0.29, 0.717) is 11.4 Å². The van der Waals surface area contributed by atoms with E-state index in [2.05, 4.69) is 36.0 Å². The van der Waals surface area contributed by atoms with Gasteiger partial charge in [-0.2, -0.15) is 9.98 Å². The molecular formula is C24H20N2O2. The van der Waals surface area contributed by atoms with Gasteiger partial charge in [-0.1, -0.05) is 36.4 Å². The van der Waals surface area contributed by atoms with Crippen molar-refractivity contribution in [1.82, 2.24) is 0 Å². The van der Waals surface area contributed by atoms with Gasteiger partial charge in [0.15, 0.2) is 0 Å². The van der Waals surface area contributed by atoms with E-state index in [0.717, 1.165) is 12.8 Å². The molecule has 138 valence electrons. The second-order valence-corrected chi connectivity index (χ2v) is 6.80. The zero-order valence-corrected chi connectivity index (χ0v) is 15.9. The summed E-state index contributed by atoms with van der Waals surface area (Å²) in [7, 11) is 0. The van der Waals surface area contributed by atoms with Gasteiger partial charge < -0.3 is 0 Å². The van der Waals surface area contributed by atoms with Gasteiger partial charge in [-0.05, 0) is 84.3 Å². The van der Waals surface area contributed by atoms with Crippen molar-refractivity contribution in [2.45, 2.75) is 26.7 Å². The van der Waals surface area contributed by atoms with Crippen LogP contribution in [0.1, 0.15) is 33.4 Å². The molecular weight excluding hydrogens is 348 g/mol. The molecule has 0 amide bonds. The molecule has 0 saturated heterocycles. The van der Waals surface area contributed by atoms with Crippen molar-refractivity contribution >= 4 is 23.5 Å². The van der Waals surface area contributed by atoms with Crippen LogP contribution in [0.5, 0.6) is 0 Å². The SMILES string of the molecule is Cc1cc(C)c(Cc2ccc(N=C=O)cc2)cc1Cc1ccc(N=C=O)cc1. The zero-order chi connectivity index (χ0) is 19.9. The molecule has 3 aromatic carbocycles. The molecule has 0 heterocycles. The molecule has 0 saturated carbocycles. The Hall–Kier alpha value is -3.58. The molecule has 4 nitrogen and oxygen atoms in total. The van der Waals surface area contributed by atoms with Crippen molar-refractivity contribution in [1.29, 1.82) is 0 Å². The fraction of sp³-hybridized carbons (Fsp3) is 0.167. The number of rotatable bonds is 6. The van der Waals surface area contributed by atoms with Crippen LogP contribution in [0.2, 0.25) is 0 Å². The number of hydrogen-bond acceptors (Lipinski definition) is 4. The Balaban J connectivity index is 1.83. The van der Waals surface area contributed by atoms with Gasteiger partial charge >= 0.3 is 0 Å². The van der Waals surface area contributed by atoms with Crippen LogP contribution in [-0.4, -0.2) is 12.2 Å². The van der Waals surface area contributed by atoms with E-state index >= 15 is 0 Å². The van der Waals surface area contributed by atoms with E-state index in [1.807, 2.05) is 48.5 Å². The predicted octanol–water partition coefficient (Wildman–Crippen LogP) is 5.42. The summed E-state index contributed by atoms with van der Waals surface area (Å²) >= 11 is 0. The second kappa shape index (κ2) is 8.88. The second-order valence-electron chi connectivity index (χ2n) is 6.80. The molecule has 0 bridgehead atoms. The molecule has 0 aliphatic heterocycles. The van der Waals surface area contributed by atoms with E-state index in [4.69, 9.17) is 0 Å². The highest BCUT2D eigenvalue weighted by Gasteiger charge is 2.07. The summed E-state index contributed by atoms with van der Waals surface area (Å²) in [5, 5.41) is 0. The quantitative estimate of drug-likeness (QED) is 0.431. The maximum absolute atomic E-state index is 10.4. The fourth-order valence-electron chi connectivity index (χ4n) is 3.25. The third-order valence-corrected chi connectivity index (χ3v) is 4.81. The topological polar surface area (TPSA) is 58.9 Å². The first-order valence-electron chi connectivity index (χ1n) is 9.01. The van der Waals surface area contributed by atoms with Gasteiger partial charge in [0, 0.05) is 0 Å².